The fourth-order valence-corrected chi connectivity index (χ4v) is 1.63. The molecule has 80 valence electrons. The number of hydrogen-bond donors (Lipinski definition) is 2. The lowest BCUT2D eigenvalue weighted by atomic mass is 10.1. The van der Waals surface area contributed by atoms with Crippen molar-refractivity contribution in [3.8, 4) is 5.75 Å². The summed E-state index contributed by atoms with van der Waals surface area (Å²) in [5.74, 6) is 0.427. The Hall–Kier alpha value is -1.71. The Bertz CT molecular complexity index is 390. The van der Waals surface area contributed by atoms with E-state index < -0.39 is 0 Å². The highest BCUT2D eigenvalue weighted by molar-refractivity contribution is 6.02. The van der Waals surface area contributed by atoms with Crippen LogP contribution in [0.25, 0.3) is 0 Å². The number of ether oxygens (including phenoxy) is 1. The van der Waals surface area contributed by atoms with Gasteiger partial charge in [0.15, 0.2) is 0 Å². The van der Waals surface area contributed by atoms with E-state index in [9.17, 15) is 4.79 Å². The van der Waals surface area contributed by atoms with Gasteiger partial charge in [-0.25, -0.2) is 0 Å². The van der Waals surface area contributed by atoms with E-state index >= 15 is 0 Å². The molecule has 0 aromatic heterocycles. The van der Waals surface area contributed by atoms with Crippen LogP contribution in [-0.2, 0) is 0 Å². The van der Waals surface area contributed by atoms with Gasteiger partial charge in [-0.1, -0.05) is 13.0 Å². The van der Waals surface area contributed by atoms with Gasteiger partial charge in [-0.2, -0.15) is 0 Å². The average molecular weight is 206 g/mol. The molecule has 1 aromatic rings. The van der Waals surface area contributed by atoms with E-state index in [2.05, 4.69) is 5.32 Å². The van der Waals surface area contributed by atoms with Crippen molar-refractivity contribution in [1.82, 2.24) is 5.32 Å². The number of nitrogens with two attached hydrogens (primary N) is 1. The first kappa shape index (κ1) is 9.83. The van der Waals surface area contributed by atoms with Crippen LogP contribution in [0.4, 0.5) is 5.69 Å². The second-order valence-corrected chi connectivity index (χ2v) is 3.58. The number of hydrogen-bond acceptors (Lipinski definition) is 3. The molecule has 1 unspecified atom stereocenters. The number of nitrogens with one attached hydrogen (secondary N) is 1. The summed E-state index contributed by atoms with van der Waals surface area (Å²) < 4.78 is 5.69. The number of rotatable bonds is 1. The molecule has 0 aliphatic carbocycles. The zero-order valence-corrected chi connectivity index (χ0v) is 8.62. The minimum atomic E-state index is -0.154. The molecule has 0 saturated carbocycles. The molecular weight excluding hydrogens is 192 g/mol. The van der Waals surface area contributed by atoms with Gasteiger partial charge in [0.05, 0.1) is 6.54 Å². The molecule has 0 spiro atoms. The number of fused-ring (bicyclic) bond motifs is 1. The lowest BCUT2D eigenvalue weighted by Crippen LogP contribution is -2.31. The minimum Gasteiger partial charge on any atom is -0.488 e. The number of amides is 1. The fourth-order valence-electron chi connectivity index (χ4n) is 1.63. The van der Waals surface area contributed by atoms with Crippen LogP contribution in [0.1, 0.15) is 23.7 Å². The third-order valence-electron chi connectivity index (χ3n) is 2.52. The first-order valence-corrected chi connectivity index (χ1v) is 5.05. The van der Waals surface area contributed by atoms with Crippen LogP contribution < -0.4 is 15.8 Å². The highest BCUT2D eigenvalue weighted by Gasteiger charge is 2.23. The lowest BCUT2D eigenvalue weighted by Gasteiger charge is -2.14. The minimum absolute atomic E-state index is 0.0250. The Morgan fingerprint density at radius 3 is 3.13 bits per heavy atom. The molecule has 4 nitrogen and oxygen atoms in total. The first-order valence-electron chi connectivity index (χ1n) is 5.05. The quantitative estimate of drug-likeness (QED) is 0.678. The molecule has 1 atom stereocenters. The zero-order valence-electron chi connectivity index (χ0n) is 8.62. The summed E-state index contributed by atoms with van der Waals surface area (Å²) in [6, 6.07) is 5.27. The number of nitrogen functional groups attached to an aromatic ring is 1. The molecule has 0 fully saturated rings. The lowest BCUT2D eigenvalue weighted by molar-refractivity contribution is 0.0951. The highest BCUT2D eigenvalue weighted by Crippen LogP contribution is 2.27. The van der Waals surface area contributed by atoms with Crippen molar-refractivity contribution in [2.45, 2.75) is 19.4 Å². The molecule has 1 aliphatic heterocycles. The van der Waals surface area contributed by atoms with Crippen molar-refractivity contribution in [3.63, 3.8) is 0 Å². The topological polar surface area (TPSA) is 64.4 Å². The number of benzene rings is 1. The van der Waals surface area contributed by atoms with Crippen molar-refractivity contribution < 1.29 is 9.53 Å². The van der Waals surface area contributed by atoms with Crippen molar-refractivity contribution in [2.75, 3.05) is 12.3 Å². The third-order valence-corrected chi connectivity index (χ3v) is 2.52. The van der Waals surface area contributed by atoms with Crippen LogP contribution in [-0.4, -0.2) is 18.6 Å². The Kier molecular flexibility index (Phi) is 2.49. The molecule has 0 radical (unpaired) electrons. The van der Waals surface area contributed by atoms with Crippen LogP contribution in [0.15, 0.2) is 18.2 Å². The van der Waals surface area contributed by atoms with Gasteiger partial charge in [0, 0.05) is 5.69 Å². The van der Waals surface area contributed by atoms with Gasteiger partial charge in [0.2, 0.25) is 0 Å². The molecular formula is C11H14N2O2. The standard InChI is InChI=1S/C11H14N2O2/c1-2-7-6-13-11(14)10-8(12)4-3-5-9(10)15-7/h3-5,7H,2,6,12H2,1H3,(H,13,14). The molecule has 4 heteroatoms. The maximum Gasteiger partial charge on any atom is 0.257 e. The summed E-state index contributed by atoms with van der Waals surface area (Å²) in [5, 5.41) is 2.80. The Morgan fingerprint density at radius 1 is 1.60 bits per heavy atom. The van der Waals surface area contributed by atoms with Crippen molar-refractivity contribution in [1.29, 1.82) is 0 Å². The summed E-state index contributed by atoms with van der Waals surface area (Å²) in [5.41, 5.74) is 6.66. The normalized spacial score (nSPS) is 19.8. The van der Waals surface area contributed by atoms with E-state index in [0.29, 0.717) is 23.5 Å². The fraction of sp³-hybridized carbons (Fsp3) is 0.364. The number of anilines is 1. The van der Waals surface area contributed by atoms with E-state index in [1.54, 1.807) is 18.2 Å². The molecule has 1 aromatic carbocycles. The second-order valence-electron chi connectivity index (χ2n) is 3.58. The van der Waals surface area contributed by atoms with Gasteiger partial charge in [0.25, 0.3) is 5.91 Å². The molecule has 2 rings (SSSR count). The van der Waals surface area contributed by atoms with Gasteiger partial charge >= 0.3 is 0 Å². The molecule has 3 N–H and O–H groups in total. The van der Waals surface area contributed by atoms with Gasteiger partial charge in [-0.3, -0.25) is 4.79 Å². The second kappa shape index (κ2) is 3.81. The summed E-state index contributed by atoms with van der Waals surface area (Å²) in [7, 11) is 0. The molecule has 0 saturated heterocycles. The third kappa shape index (κ3) is 1.75. The monoisotopic (exact) mass is 206 g/mol. The first-order chi connectivity index (χ1) is 7.22. The maximum atomic E-state index is 11.7. The van der Waals surface area contributed by atoms with Gasteiger partial charge < -0.3 is 15.8 Å². The Labute approximate surface area is 88.4 Å². The molecule has 1 heterocycles. The van der Waals surface area contributed by atoms with E-state index in [0.717, 1.165) is 6.42 Å². The Balaban J connectivity index is 2.44. The van der Waals surface area contributed by atoms with E-state index in [1.807, 2.05) is 6.92 Å². The van der Waals surface area contributed by atoms with Crippen LogP contribution in [0.3, 0.4) is 0 Å². The zero-order chi connectivity index (χ0) is 10.8. The van der Waals surface area contributed by atoms with Gasteiger partial charge in [-0.05, 0) is 18.6 Å². The van der Waals surface area contributed by atoms with Crippen LogP contribution in [0.5, 0.6) is 5.75 Å². The number of carbonyl (C=O) groups excluding carboxylic acids is 1. The van der Waals surface area contributed by atoms with E-state index in [1.165, 1.54) is 0 Å². The van der Waals surface area contributed by atoms with E-state index in [-0.39, 0.29) is 12.0 Å². The summed E-state index contributed by atoms with van der Waals surface area (Å²) in [4.78, 5) is 11.7. The maximum absolute atomic E-state index is 11.7. The van der Waals surface area contributed by atoms with Crippen molar-refractivity contribution in [3.05, 3.63) is 23.8 Å². The summed E-state index contributed by atoms with van der Waals surface area (Å²) in [6.07, 6.45) is 0.881. The smallest absolute Gasteiger partial charge is 0.257 e. The van der Waals surface area contributed by atoms with Gasteiger partial charge in [-0.15, -0.1) is 0 Å². The predicted octanol–water partition coefficient (Wildman–Crippen LogP) is 1.17. The van der Waals surface area contributed by atoms with Crippen LogP contribution in [0.2, 0.25) is 0 Å². The number of carbonyl (C=O) groups is 1. The molecule has 1 amide bonds. The molecule has 0 bridgehead atoms. The van der Waals surface area contributed by atoms with Crippen molar-refractivity contribution in [2.24, 2.45) is 0 Å². The molecule has 1 aliphatic rings. The average Bonchev–Trinajstić information content (AvgIpc) is 2.39. The predicted molar refractivity (Wildman–Crippen MR) is 57.9 cm³/mol. The largest absolute Gasteiger partial charge is 0.488 e. The Morgan fingerprint density at radius 2 is 2.40 bits per heavy atom. The van der Waals surface area contributed by atoms with E-state index in [4.69, 9.17) is 10.5 Å². The SMILES string of the molecule is CCC1CNC(=O)c2c(N)cccc2O1. The van der Waals surface area contributed by atoms with Crippen molar-refractivity contribution >= 4 is 11.6 Å². The summed E-state index contributed by atoms with van der Waals surface area (Å²) in [6.45, 7) is 2.55. The summed E-state index contributed by atoms with van der Waals surface area (Å²) >= 11 is 0. The van der Waals surface area contributed by atoms with Crippen LogP contribution >= 0.6 is 0 Å². The van der Waals surface area contributed by atoms with Crippen LogP contribution in [0, 0.1) is 0 Å². The van der Waals surface area contributed by atoms with Gasteiger partial charge in [0.1, 0.15) is 17.4 Å². The molecule has 15 heavy (non-hydrogen) atoms. The highest BCUT2D eigenvalue weighted by atomic mass is 16.5.